The number of benzene rings is 1. The zero-order chi connectivity index (χ0) is 13.9. The molecular formula is C15H17N3O2. The summed E-state index contributed by atoms with van der Waals surface area (Å²) in [7, 11) is 0. The summed E-state index contributed by atoms with van der Waals surface area (Å²) in [6.45, 7) is 0.130. The molecule has 3 rings (SSSR count). The first-order chi connectivity index (χ1) is 9.78. The Labute approximate surface area is 117 Å². The molecule has 0 radical (unpaired) electrons. The molecule has 0 aliphatic heterocycles. The van der Waals surface area contributed by atoms with Gasteiger partial charge < -0.3 is 10.4 Å². The summed E-state index contributed by atoms with van der Waals surface area (Å²) in [5, 5.41) is 18.8. The van der Waals surface area contributed by atoms with E-state index in [0.717, 1.165) is 41.8 Å². The Morgan fingerprint density at radius 2 is 2.10 bits per heavy atom. The molecule has 1 amide bonds. The van der Waals surface area contributed by atoms with Crippen LogP contribution < -0.4 is 5.32 Å². The minimum Gasteiger partial charge on any atom is -0.396 e. The van der Waals surface area contributed by atoms with Crippen LogP contribution in [0.5, 0.6) is 0 Å². The fraction of sp³-hybridized carbons (Fsp3) is 0.333. The van der Waals surface area contributed by atoms with E-state index in [-0.39, 0.29) is 12.5 Å². The van der Waals surface area contributed by atoms with Crippen LogP contribution in [0.1, 0.15) is 33.7 Å². The number of carbonyl (C=O) groups is 1. The number of rotatable bonds is 4. The average molecular weight is 271 g/mol. The quantitative estimate of drug-likeness (QED) is 0.791. The average Bonchev–Trinajstić information content (AvgIpc) is 3.03. The molecule has 5 nitrogen and oxygen atoms in total. The summed E-state index contributed by atoms with van der Waals surface area (Å²) < 4.78 is 0. The number of fused-ring (bicyclic) bond motifs is 1. The molecule has 1 heterocycles. The second-order valence-corrected chi connectivity index (χ2v) is 5.01. The van der Waals surface area contributed by atoms with Crippen molar-refractivity contribution >= 4 is 11.6 Å². The number of nitrogens with one attached hydrogen (secondary N) is 2. The van der Waals surface area contributed by atoms with Gasteiger partial charge in [-0.05, 0) is 43.4 Å². The molecule has 0 unspecified atom stereocenters. The Morgan fingerprint density at radius 3 is 2.85 bits per heavy atom. The van der Waals surface area contributed by atoms with E-state index in [2.05, 4.69) is 15.5 Å². The molecule has 1 aromatic carbocycles. The summed E-state index contributed by atoms with van der Waals surface area (Å²) in [5.41, 5.74) is 4.45. The number of amides is 1. The van der Waals surface area contributed by atoms with Crippen LogP contribution in [0.2, 0.25) is 0 Å². The largest absolute Gasteiger partial charge is 0.396 e. The Kier molecular flexibility index (Phi) is 3.52. The van der Waals surface area contributed by atoms with E-state index in [0.29, 0.717) is 12.1 Å². The van der Waals surface area contributed by atoms with Gasteiger partial charge in [0.2, 0.25) is 0 Å². The van der Waals surface area contributed by atoms with Crippen molar-refractivity contribution in [2.24, 2.45) is 0 Å². The first-order valence-electron chi connectivity index (χ1n) is 6.85. The van der Waals surface area contributed by atoms with Crippen molar-refractivity contribution in [2.45, 2.75) is 25.7 Å². The molecule has 20 heavy (non-hydrogen) atoms. The van der Waals surface area contributed by atoms with Gasteiger partial charge in [0.25, 0.3) is 5.91 Å². The Hall–Kier alpha value is -2.14. The monoisotopic (exact) mass is 271 g/mol. The predicted octanol–water partition coefficient (Wildman–Crippen LogP) is 1.69. The number of H-pyrrole nitrogens is 1. The van der Waals surface area contributed by atoms with Crippen LogP contribution in [0, 0.1) is 0 Å². The van der Waals surface area contributed by atoms with Crippen molar-refractivity contribution in [3.05, 3.63) is 46.8 Å². The topological polar surface area (TPSA) is 78.0 Å². The zero-order valence-electron chi connectivity index (χ0n) is 11.1. The van der Waals surface area contributed by atoms with Crippen LogP contribution >= 0.6 is 0 Å². The second-order valence-electron chi connectivity index (χ2n) is 5.01. The fourth-order valence-corrected chi connectivity index (χ4v) is 2.58. The maximum absolute atomic E-state index is 12.2. The minimum atomic E-state index is -0.167. The zero-order valence-corrected chi connectivity index (χ0v) is 11.1. The predicted molar refractivity (Wildman–Crippen MR) is 75.8 cm³/mol. The first kappa shape index (κ1) is 12.9. The fourth-order valence-electron chi connectivity index (χ4n) is 2.58. The van der Waals surface area contributed by atoms with E-state index in [1.165, 1.54) is 0 Å². The number of aliphatic hydroxyl groups excluding tert-OH is 1. The summed E-state index contributed by atoms with van der Waals surface area (Å²) in [4.78, 5) is 12.2. The molecule has 1 aliphatic carbocycles. The smallest absolute Gasteiger partial charge is 0.276 e. The molecule has 3 N–H and O–H groups in total. The number of aromatic amines is 1. The number of carbonyl (C=O) groups excluding carboxylic acids is 1. The Morgan fingerprint density at radius 1 is 1.30 bits per heavy atom. The van der Waals surface area contributed by atoms with Gasteiger partial charge in [-0.3, -0.25) is 9.89 Å². The van der Waals surface area contributed by atoms with E-state index in [4.69, 9.17) is 5.11 Å². The van der Waals surface area contributed by atoms with Crippen LogP contribution in [0.25, 0.3) is 0 Å². The third kappa shape index (κ3) is 2.44. The molecule has 0 fully saturated rings. The van der Waals surface area contributed by atoms with Gasteiger partial charge in [-0.25, -0.2) is 0 Å². The highest BCUT2D eigenvalue weighted by Crippen LogP contribution is 2.23. The number of nitrogens with zero attached hydrogens (tertiary/aromatic N) is 1. The molecule has 5 heteroatoms. The van der Waals surface area contributed by atoms with Gasteiger partial charge >= 0.3 is 0 Å². The summed E-state index contributed by atoms with van der Waals surface area (Å²) in [6, 6.07) is 7.49. The highest BCUT2D eigenvalue weighted by Gasteiger charge is 2.22. The molecule has 0 saturated heterocycles. The van der Waals surface area contributed by atoms with E-state index in [1.807, 2.05) is 24.3 Å². The van der Waals surface area contributed by atoms with E-state index in [9.17, 15) is 4.79 Å². The van der Waals surface area contributed by atoms with Crippen LogP contribution in [0.15, 0.2) is 24.3 Å². The summed E-state index contributed by atoms with van der Waals surface area (Å²) in [6.07, 6.45) is 3.61. The Bertz CT molecular complexity index is 617. The lowest BCUT2D eigenvalue weighted by Gasteiger charge is -2.05. The van der Waals surface area contributed by atoms with Crippen molar-refractivity contribution < 1.29 is 9.90 Å². The number of aliphatic hydroxyl groups is 1. The molecule has 2 aromatic rings. The standard InChI is InChI=1S/C15H17N3O2/c19-9-8-10-4-6-11(7-5-10)16-15(20)14-12-2-1-3-13(12)17-18-14/h4-7,19H,1-3,8-9H2,(H,16,20)(H,17,18). The molecular weight excluding hydrogens is 254 g/mol. The molecule has 1 aromatic heterocycles. The van der Waals surface area contributed by atoms with Gasteiger partial charge in [-0.1, -0.05) is 12.1 Å². The highest BCUT2D eigenvalue weighted by atomic mass is 16.2. The van der Waals surface area contributed by atoms with Gasteiger partial charge in [0.15, 0.2) is 5.69 Å². The summed E-state index contributed by atoms with van der Waals surface area (Å²) >= 11 is 0. The van der Waals surface area contributed by atoms with E-state index >= 15 is 0 Å². The number of hydrogen-bond donors (Lipinski definition) is 3. The Balaban J connectivity index is 1.72. The van der Waals surface area contributed by atoms with Crippen molar-refractivity contribution in [3.8, 4) is 0 Å². The van der Waals surface area contributed by atoms with Gasteiger partial charge in [0, 0.05) is 23.6 Å². The normalized spacial score (nSPS) is 13.2. The number of anilines is 1. The van der Waals surface area contributed by atoms with Crippen molar-refractivity contribution in [1.82, 2.24) is 10.2 Å². The van der Waals surface area contributed by atoms with Gasteiger partial charge in [-0.2, -0.15) is 5.10 Å². The molecule has 0 saturated carbocycles. The third-order valence-electron chi connectivity index (χ3n) is 3.63. The lowest BCUT2D eigenvalue weighted by atomic mass is 10.1. The van der Waals surface area contributed by atoms with Crippen LogP contribution in [0.3, 0.4) is 0 Å². The van der Waals surface area contributed by atoms with Crippen molar-refractivity contribution in [2.75, 3.05) is 11.9 Å². The van der Waals surface area contributed by atoms with Crippen LogP contribution in [-0.2, 0) is 19.3 Å². The van der Waals surface area contributed by atoms with Crippen molar-refractivity contribution in [1.29, 1.82) is 0 Å². The minimum absolute atomic E-state index is 0.130. The SMILES string of the molecule is O=C(Nc1ccc(CCO)cc1)c1n[nH]c2c1CCC2. The maximum atomic E-state index is 12.2. The maximum Gasteiger partial charge on any atom is 0.276 e. The van der Waals surface area contributed by atoms with Gasteiger partial charge in [0.1, 0.15) is 0 Å². The van der Waals surface area contributed by atoms with E-state index in [1.54, 1.807) is 0 Å². The van der Waals surface area contributed by atoms with Gasteiger partial charge in [-0.15, -0.1) is 0 Å². The molecule has 0 bridgehead atoms. The first-order valence-corrected chi connectivity index (χ1v) is 6.85. The third-order valence-corrected chi connectivity index (χ3v) is 3.63. The molecule has 0 atom stereocenters. The van der Waals surface area contributed by atoms with E-state index < -0.39 is 0 Å². The molecule has 104 valence electrons. The highest BCUT2D eigenvalue weighted by molar-refractivity contribution is 6.04. The molecule has 0 spiro atoms. The lowest BCUT2D eigenvalue weighted by Crippen LogP contribution is -2.14. The van der Waals surface area contributed by atoms with Crippen LogP contribution in [-0.4, -0.2) is 27.8 Å². The number of hydrogen-bond acceptors (Lipinski definition) is 3. The molecule has 1 aliphatic rings. The lowest BCUT2D eigenvalue weighted by molar-refractivity contribution is 0.102. The van der Waals surface area contributed by atoms with Crippen molar-refractivity contribution in [3.63, 3.8) is 0 Å². The second kappa shape index (κ2) is 5.46. The number of aryl methyl sites for hydroxylation is 1. The van der Waals surface area contributed by atoms with Gasteiger partial charge in [0.05, 0.1) is 0 Å². The summed E-state index contributed by atoms with van der Waals surface area (Å²) in [5.74, 6) is -0.167. The van der Waals surface area contributed by atoms with Crippen LogP contribution in [0.4, 0.5) is 5.69 Å². The number of aromatic nitrogens is 2.